The minimum Gasteiger partial charge on any atom is -0.339 e. The van der Waals surface area contributed by atoms with E-state index in [0.717, 1.165) is 0 Å². The molecule has 7 nitrogen and oxygen atoms in total. The maximum absolute atomic E-state index is 12.4. The number of amides is 2. The zero-order valence-corrected chi connectivity index (χ0v) is 15.9. The van der Waals surface area contributed by atoms with E-state index in [2.05, 4.69) is 9.97 Å². The molecule has 1 aromatic carbocycles. The van der Waals surface area contributed by atoms with E-state index in [0.29, 0.717) is 62.2 Å². The zero-order valence-electron chi connectivity index (χ0n) is 15.9. The Morgan fingerprint density at radius 3 is 2.48 bits per heavy atom. The Hall–Kier alpha value is -2.70. The van der Waals surface area contributed by atoms with Crippen LogP contribution in [0, 0.1) is 5.92 Å². The van der Waals surface area contributed by atoms with Crippen molar-refractivity contribution in [3.05, 3.63) is 40.4 Å². The number of carbonyl (C=O) groups excluding carboxylic acids is 2. The summed E-state index contributed by atoms with van der Waals surface area (Å²) in [4.78, 5) is 47.4. The molecule has 1 saturated heterocycles. The van der Waals surface area contributed by atoms with Crippen LogP contribution in [0.3, 0.4) is 0 Å². The third kappa shape index (κ3) is 4.53. The lowest BCUT2D eigenvalue weighted by molar-refractivity contribution is -0.141. The van der Waals surface area contributed by atoms with Crippen LogP contribution in [0.1, 0.15) is 32.5 Å². The van der Waals surface area contributed by atoms with E-state index in [1.54, 1.807) is 6.07 Å². The van der Waals surface area contributed by atoms with E-state index in [9.17, 15) is 14.4 Å². The van der Waals surface area contributed by atoms with Crippen molar-refractivity contribution < 1.29 is 9.59 Å². The number of aromatic nitrogens is 2. The molecule has 0 spiro atoms. The maximum Gasteiger partial charge on any atom is 0.258 e. The minimum atomic E-state index is -0.145. The first-order chi connectivity index (χ1) is 13.0. The van der Waals surface area contributed by atoms with E-state index in [1.807, 2.05) is 41.8 Å². The number of fused-ring (bicyclic) bond motifs is 1. The Balaban J connectivity index is 1.49. The number of H-pyrrole nitrogens is 1. The van der Waals surface area contributed by atoms with E-state index in [4.69, 9.17) is 0 Å². The van der Waals surface area contributed by atoms with Gasteiger partial charge in [-0.1, -0.05) is 26.0 Å². The Kier molecular flexibility index (Phi) is 5.88. The zero-order chi connectivity index (χ0) is 19.4. The maximum atomic E-state index is 12.4. The van der Waals surface area contributed by atoms with E-state index >= 15 is 0 Å². The molecule has 144 valence electrons. The predicted octanol–water partition coefficient (Wildman–Crippen LogP) is 1.57. The number of hydrogen-bond acceptors (Lipinski definition) is 4. The number of rotatable bonds is 5. The molecule has 1 aliphatic rings. The number of hydrogen-bond donors (Lipinski definition) is 1. The fraction of sp³-hybridized carbons (Fsp3) is 0.500. The average molecular weight is 370 g/mol. The third-order valence-electron chi connectivity index (χ3n) is 4.90. The highest BCUT2D eigenvalue weighted by Crippen LogP contribution is 2.11. The van der Waals surface area contributed by atoms with Gasteiger partial charge in [0.25, 0.3) is 5.56 Å². The Morgan fingerprint density at radius 2 is 1.78 bits per heavy atom. The van der Waals surface area contributed by atoms with Crippen LogP contribution in [-0.4, -0.2) is 57.8 Å². The van der Waals surface area contributed by atoms with Gasteiger partial charge in [0.1, 0.15) is 5.82 Å². The third-order valence-corrected chi connectivity index (χ3v) is 4.90. The van der Waals surface area contributed by atoms with Crippen molar-refractivity contribution in [3.8, 4) is 0 Å². The highest BCUT2D eigenvalue weighted by molar-refractivity contribution is 5.79. The van der Waals surface area contributed by atoms with Crippen molar-refractivity contribution in [2.75, 3.05) is 26.2 Å². The Morgan fingerprint density at radius 1 is 1.11 bits per heavy atom. The average Bonchev–Trinajstić information content (AvgIpc) is 2.67. The van der Waals surface area contributed by atoms with Gasteiger partial charge in [-0.15, -0.1) is 0 Å². The summed E-state index contributed by atoms with van der Waals surface area (Å²) in [7, 11) is 0. The fourth-order valence-corrected chi connectivity index (χ4v) is 3.36. The van der Waals surface area contributed by atoms with Gasteiger partial charge in [0.15, 0.2) is 0 Å². The predicted molar refractivity (Wildman–Crippen MR) is 103 cm³/mol. The second-order valence-corrected chi connectivity index (χ2v) is 7.24. The monoisotopic (exact) mass is 370 g/mol. The van der Waals surface area contributed by atoms with Gasteiger partial charge in [-0.2, -0.15) is 0 Å². The van der Waals surface area contributed by atoms with Crippen LogP contribution in [0.2, 0.25) is 0 Å². The van der Waals surface area contributed by atoms with Crippen LogP contribution in [0.25, 0.3) is 10.9 Å². The van der Waals surface area contributed by atoms with Crippen LogP contribution in [0.4, 0.5) is 0 Å². The smallest absolute Gasteiger partial charge is 0.258 e. The van der Waals surface area contributed by atoms with Gasteiger partial charge in [0, 0.05) is 44.9 Å². The molecule has 2 heterocycles. The van der Waals surface area contributed by atoms with Crippen molar-refractivity contribution >= 4 is 22.7 Å². The number of nitrogens with zero attached hydrogens (tertiary/aromatic N) is 3. The standard InChI is InChI=1S/C20H26N4O3/c1-14(2)20(27)24-12-10-23(11-13-24)18(25)9-5-8-17-21-16-7-4-3-6-15(16)19(26)22-17/h3-4,6-7,14H,5,8-13H2,1-2H3,(H,21,22,26). The number of piperazine rings is 1. The van der Waals surface area contributed by atoms with Crippen LogP contribution in [0.15, 0.2) is 29.1 Å². The first kappa shape index (κ1) is 19.1. The number of aromatic amines is 1. The lowest BCUT2D eigenvalue weighted by Gasteiger charge is -2.35. The summed E-state index contributed by atoms with van der Waals surface area (Å²) in [5.74, 6) is 0.839. The molecule has 0 saturated carbocycles. The summed E-state index contributed by atoms with van der Waals surface area (Å²) >= 11 is 0. The van der Waals surface area contributed by atoms with Crippen molar-refractivity contribution in [1.82, 2.24) is 19.8 Å². The lowest BCUT2D eigenvalue weighted by atomic mass is 10.1. The van der Waals surface area contributed by atoms with E-state index in [-0.39, 0.29) is 23.3 Å². The molecule has 0 atom stereocenters. The van der Waals surface area contributed by atoms with E-state index < -0.39 is 0 Å². The van der Waals surface area contributed by atoms with Gasteiger partial charge in [-0.25, -0.2) is 4.98 Å². The Labute approximate surface area is 158 Å². The van der Waals surface area contributed by atoms with Gasteiger partial charge in [0.2, 0.25) is 11.8 Å². The first-order valence-corrected chi connectivity index (χ1v) is 9.50. The molecule has 3 rings (SSSR count). The van der Waals surface area contributed by atoms with Crippen molar-refractivity contribution in [3.63, 3.8) is 0 Å². The second kappa shape index (κ2) is 8.33. The van der Waals surface area contributed by atoms with E-state index in [1.165, 1.54) is 0 Å². The van der Waals surface area contributed by atoms with Crippen LogP contribution < -0.4 is 5.56 Å². The summed E-state index contributed by atoms with van der Waals surface area (Å²) in [6.07, 6.45) is 1.59. The molecule has 1 aromatic heterocycles. The van der Waals surface area contributed by atoms with Crippen LogP contribution in [0.5, 0.6) is 0 Å². The highest BCUT2D eigenvalue weighted by Gasteiger charge is 2.25. The molecule has 2 aromatic rings. The molecule has 1 N–H and O–H groups in total. The molecule has 1 aliphatic heterocycles. The van der Waals surface area contributed by atoms with Crippen LogP contribution >= 0.6 is 0 Å². The fourth-order valence-electron chi connectivity index (χ4n) is 3.36. The quantitative estimate of drug-likeness (QED) is 0.866. The summed E-state index contributed by atoms with van der Waals surface area (Å²) in [6.45, 7) is 6.16. The molecule has 0 radical (unpaired) electrons. The van der Waals surface area contributed by atoms with Gasteiger partial charge in [-0.05, 0) is 18.6 Å². The molecule has 7 heteroatoms. The molecule has 1 fully saturated rings. The largest absolute Gasteiger partial charge is 0.339 e. The number of aryl methyl sites for hydroxylation is 1. The van der Waals surface area contributed by atoms with Crippen molar-refractivity contribution in [2.24, 2.45) is 5.92 Å². The van der Waals surface area contributed by atoms with Gasteiger partial charge >= 0.3 is 0 Å². The van der Waals surface area contributed by atoms with Gasteiger partial charge in [-0.3, -0.25) is 14.4 Å². The molecule has 0 aliphatic carbocycles. The topological polar surface area (TPSA) is 86.4 Å². The second-order valence-electron chi connectivity index (χ2n) is 7.24. The molecule has 0 unspecified atom stereocenters. The summed E-state index contributed by atoms with van der Waals surface area (Å²) in [5, 5.41) is 0.575. The molecule has 0 bridgehead atoms. The number of nitrogens with one attached hydrogen (secondary N) is 1. The SMILES string of the molecule is CC(C)C(=O)N1CCN(C(=O)CCCc2nc3ccccc3c(=O)[nH]2)CC1. The summed E-state index contributed by atoms with van der Waals surface area (Å²) in [5.41, 5.74) is 0.529. The highest BCUT2D eigenvalue weighted by atomic mass is 16.2. The molecular weight excluding hydrogens is 344 g/mol. The minimum absolute atomic E-state index is 0.0103. The van der Waals surface area contributed by atoms with Gasteiger partial charge < -0.3 is 14.8 Å². The van der Waals surface area contributed by atoms with Crippen molar-refractivity contribution in [1.29, 1.82) is 0 Å². The molecular formula is C20H26N4O3. The van der Waals surface area contributed by atoms with Crippen LogP contribution in [-0.2, 0) is 16.0 Å². The van der Waals surface area contributed by atoms with Crippen molar-refractivity contribution in [2.45, 2.75) is 33.1 Å². The number of carbonyl (C=O) groups is 2. The van der Waals surface area contributed by atoms with Gasteiger partial charge in [0.05, 0.1) is 10.9 Å². The number of benzene rings is 1. The summed E-state index contributed by atoms with van der Waals surface area (Å²) < 4.78 is 0. The number of para-hydroxylation sites is 1. The lowest BCUT2D eigenvalue weighted by Crippen LogP contribution is -2.51. The molecule has 2 amide bonds. The first-order valence-electron chi connectivity index (χ1n) is 9.50. The summed E-state index contributed by atoms with van der Waals surface area (Å²) in [6, 6.07) is 7.23. The Bertz CT molecular complexity index is 882. The normalized spacial score (nSPS) is 14.8. The molecule has 27 heavy (non-hydrogen) atoms.